The minimum Gasteiger partial charge on any atom is -0.477 e. The molecule has 3 atom stereocenters. The van der Waals surface area contributed by atoms with E-state index in [1.165, 1.54) is 13.8 Å². The maximum atomic E-state index is 13.1. The number of alkyl halides is 3. The number of carbonyl (C=O) groups is 4. The molecule has 2 aliphatic heterocycles. The Balaban J connectivity index is 1.76. The molecule has 3 unspecified atom stereocenters. The number of aromatic nitrogens is 2. The maximum absolute atomic E-state index is 13.1. The van der Waals surface area contributed by atoms with Gasteiger partial charge in [-0.2, -0.15) is 18.3 Å². The number of thioether (sulfide) groups is 1. The summed E-state index contributed by atoms with van der Waals surface area (Å²) in [6, 6.07) is -2.33. The van der Waals surface area contributed by atoms with Gasteiger partial charge in [-0.25, -0.2) is 4.79 Å². The number of ether oxygens (including phenoxy) is 1. The molecule has 0 saturated carbocycles. The molecule has 0 aromatic carbocycles. The molecule has 1 aromatic rings. The molecule has 2 aliphatic rings. The summed E-state index contributed by atoms with van der Waals surface area (Å²) in [7, 11) is 0. The van der Waals surface area contributed by atoms with E-state index in [9.17, 15) is 37.5 Å². The smallest absolute Gasteiger partial charge is 0.436 e. The minimum atomic E-state index is -4.81. The van der Waals surface area contributed by atoms with Crippen molar-refractivity contribution in [3.63, 3.8) is 0 Å². The standard InChI is InChI=1S/C18H18ClF3N4O6S/c1-6-10(19)13(18(20,21)22)24-26(6)7(2)14(28)23-11-15(29)25-12(17(30)31)9(4-32-8(3)27)5-33-16(11)25/h7,11,16H,4-5H2,1-3H3,(H,23,28)(H,30,31). The monoisotopic (exact) mass is 510 g/mol. The lowest BCUT2D eigenvalue weighted by Crippen LogP contribution is -2.71. The summed E-state index contributed by atoms with van der Waals surface area (Å²) in [5.74, 6) is -3.38. The van der Waals surface area contributed by atoms with Gasteiger partial charge >= 0.3 is 18.1 Å². The number of nitrogens with one attached hydrogen (secondary N) is 1. The van der Waals surface area contributed by atoms with Crippen LogP contribution in [0.15, 0.2) is 11.3 Å². The summed E-state index contributed by atoms with van der Waals surface area (Å²) in [6.07, 6.45) is -4.81. The predicted octanol–water partition coefficient (Wildman–Crippen LogP) is 1.73. The topological polar surface area (TPSA) is 131 Å². The first-order chi connectivity index (χ1) is 15.3. The van der Waals surface area contributed by atoms with Crippen molar-refractivity contribution >= 4 is 47.1 Å². The third-order valence-corrected chi connectivity index (χ3v) is 6.88. The molecule has 0 aliphatic carbocycles. The van der Waals surface area contributed by atoms with E-state index in [-0.39, 0.29) is 29.3 Å². The Hall–Kier alpha value is -2.74. The van der Waals surface area contributed by atoms with E-state index in [1.54, 1.807) is 0 Å². The molecule has 3 heterocycles. The number of carboxylic acid groups (broad SMARTS) is 1. The lowest BCUT2D eigenvalue weighted by molar-refractivity contribution is -0.151. The molecule has 3 rings (SSSR count). The van der Waals surface area contributed by atoms with E-state index in [4.69, 9.17) is 16.3 Å². The second kappa shape index (κ2) is 8.89. The van der Waals surface area contributed by atoms with Crippen LogP contribution in [0.3, 0.4) is 0 Å². The highest BCUT2D eigenvalue weighted by Crippen LogP contribution is 2.41. The fourth-order valence-electron chi connectivity index (χ4n) is 3.42. The Bertz CT molecular complexity index is 1070. The lowest BCUT2D eigenvalue weighted by atomic mass is 10.0. The van der Waals surface area contributed by atoms with Crippen molar-refractivity contribution in [1.82, 2.24) is 20.0 Å². The van der Waals surface area contributed by atoms with Gasteiger partial charge in [-0.15, -0.1) is 11.8 Å². The van der Waals surface area contributed by atoms with E-state index in [2.05, 4.69) is 10.4 Å². The average molecular weight is 511 g/mol. The number of aliphatic carboxylic acids is 1. The maximum Gasteiger partial charge on any atom is 0.436 e. The number of fused-ring (bicyclic) bond motifs is 1. The molecule has 1 aromatic heterocycles. The van der Waals surface area contributed by atoms with Crippen LogP contribution in [-0.2, 0) is 30.1 Å². The first-order valence-electron chi connectivity index (χ1n) is 9.41. The zero-order valence-corrected chi connectivity index (χ0v) is 19.0. The number of nitrogens with zero attached hydrogens (tertiary/aromatic N) is 3. The molecule has 0 bridgehead atoms. The summed E-state index contributed by atoms with van der Waals surface area (Å²) in [5, 5.41) is 14.0. The Morgan fingerprint density at radius 2 is 2.03 bits per heavy atom. The van der Waals surface area contributed by atoms with Crippen LogP contribution in [0, 0.1) is 6.92 Å². The van der Waals surface area contributed by atoms with Crippen LogP contribution in [0.25, 0.3) is 0 Å². The summed E-state index contributed by atoms with van der Waals surface area (Å²) < 4.78 is 44.8. The number of esters is 1. The number of carboxylic acids is 1. The minimum absolute atomic E-state index is 0.0774. The molecule has 2 amide bonds. The molecule has 33 heavy (non-hydrogen) atoms. The van der Waals surface area contributed by atoms with Crippen molar-refractivity contribution in [2.45, 2.75) is 44.4 Å². The molecule has 1 saturated heterocycles. The molecule has 180 valence electrons. The van der Waals surface area contributed by atoms with Crippen LogP contribution in [0.1, 0.15) is 31.3 Å². The Kier molecular flexibility index (Phi) is 6.71. The van der Waals surface area contributed by atoms with E-state index in [0.29, 0.717) is 0 Å². The molecule has 10 nitrogen and oxygen atoms in total. The number of β-lactam (4-membered cyclic amide) rings is 1. The first-order valence-corrected chi connectivity index (χ1v) is 10.8. The van der Waals surface area contributed by atoms with Gasteiger partial charge in [0.05, 0.1) is 10.7 Å². The molecular weight excluding hydrogens is 493 g/mol. The van der Waals surface area contributed by atoms with Crippen LogP contribution < -0.4 is 5.32 Å². The van der Waals surface area contributed by atoms with Gasteiger partial charge < -0.3 is 15.2 Å². The van der Waals surface area contributed by atoms with Gasteiger partial charge in [0.25, 0.3) is 5.91 Å². The van der Waals surface area contributed by atoms with Crippen molar-refractivity contribution in [2.75, 3.05) is 12.4 Å². The van der Waals surface area contributed by atoms with Gasteiger partial charge in [-0.05, 0) is 13.8 Å². The molecule has 0 radical (unpaired) electrons. The van der Waals surface area contributed by atoms with E-state index < -0.39 is 58.1 Å². The van der Waals surface area contributed by atoms with Gasteiger partial charge in [-0.3, -0.25) is 24.0 Å². The Morgan fingerprint density at radius 3 is 2.55 bits per heavy atom. The zero-order chi connectivity index (χ0) is 24.8. The Labute approximate surface area is 194 Å². The largest absolute Gasteiger partial charge is 0.477 e. The van der Waals surface area contributed by atoms with Crippen molar-refractivity contribution in [3.05, 3.63) is 27.7 Å². The number of hydrogen-bond donors (Lipinski definition) is 2. The molecule has 15 heteroatoms. The molecule has 0 spiro atoms. The molecular formula is C18H18ClF3N4O6S. The summed E-state index contributed by atoms with van der Waals surface area (Å²) in [4.78, 5) is 49.1. The van der Waals surface area contributed by atoms with Gasteiger partial charge in [-0.1, -0.05) is 11.6 Å². The van der Waals surface area contributed by atoms with Crippen LogP contribution in [0.2, 0.25) is 5.02 Å². The van der Waals surface area contributed by atoms with E-state index >= 15 is 0 Å². The van der Waals surface area contributed by atoms with Crippen LogP contribution in [-0.4, -0.2) is 67.3 Å². The van der Waals surface area contributed by atoms with Gasteiger partial charge in [0.1, 0.15) is 29.8 Å². The van der Waals surface area contributed by atoms with Crippen molar-refractivity contribution in [1.29, 1.82) is 0 Å². The second-order valence-electron chi connectivity index (χ2n) is 7.30. The van der Waals surface area contributed by atoms with E-state index in [0.717, 1.165) is 28.3 Å². The predicted molar refractivity (Wildman–Crippen MR) is 108 cm³/mol. The average Bonchev–Trinajstić information content (AvgIpc) is 3.03. The number of halogens is 4. The number of hydrogen-bond acceptors (Lipinski definition) is 7. The number of amides is 2. The Morgan fingerprint density at radius 1 is 1.39 bits per heavy atom. The van der Waals surface area contributed by atoms with Gasteiger partial charge in [0.15, 0.2) is 5.69 Å². The third-order valence-electron chi connectivity index (χ3n) is 5.09. The van der Waals surface area contributed by atoms with Crippen molar-refractivity contribution in [2.24, 2.45) is 0 Å². The van der Waals surface area contributed by atoms with Crippen molar-refractivity contribution < 1.29 is 42.2 Å². The highest BCUT2D eigenvalue weighted by molar-refractivity contribution is 8.00. The first kappa shape index (κ1) is 24.9. The SMILES string of the molecule is CC(=O)OCC1=C(C(=O)O)N2C(=O)C(NC(=O)C(C)n3nc(C(F)(F)F)c(Cl)c3C)C2SC1. The van der Waals surface area contributed by atoms with Crippen LogP contribution >= 0.6 is 23.4 Å². The van der Waals surface area contributed by atoms with Crippen LogP contribution in [0.5, 0.6) is 0 Å². The fraction of sp³-hybridized carbons (Fsp3) is 0.500. The second-order valence-corrected chi connectivity index (χ2v) is 8.78. The van der Waals surface area contributed by atoms with Crippen molar-refractivity contribution in [3.8, 4) is 0 Å². The third kappa shape index (κ3) is 4.53. The quantitative estimate of drug-likeness (QED) is 0.437. The summed E-state index contributed by atoms with van der Waals surface area (Å²) in [5.41, 5.74) is -1.50. The van der Waals surface area contributed by atoms with Gasteiger partial charge in [0, 0.05) is 18.2 Å². The molecule has 1 fully saturated rings. The lowest BCUT2D eigenvalue weighted by Gasteiger charge is -2.49. The van der Waals surface area contributed by atoms with Gasteiger partial charge in [0.2, 0.25) is 5.91 Å². The highest BCUT2D eigenvalue weighted by Gasteiger charge is 2.54. The normalized spacial score (nSPS) is 21.3. The zero-order valence-electron chi connectivity index (χ0n) is 17.4. The summed E-state index contributed by atoms with van der Waals surface area (Å²) >= 11 is 6.87. The fourth-order valence-corrected chi connectivity index (χ4v) is 4.98. The summed E-state index contributed by atoms with van der Waals surface area (Å²) in [6.45, 7) is 3.43. The van der Waals surface area contributed by atoms with E-state index in [1.807, 2.05) is 0 Å². The number of carbonyl (C=O) groups excluding carboxylic acids is 3. The highest BCUT2D eigenvalue weighted by atomic mass is 35.5. The number of rotatable bonds is 6. The van der Waals surface area contributed by atoms with Crippen LogP contribution in [0.4, 0.5) is 13.2 Å². The molecule has 2 N–H and O–H groups in total.